The van der Waals surface area contributed by atoms with Crippen molar-refractivity contribution in [3.63, 3.8) is 0 Å². The van der Waals surface area contributed by atoms with Crippen molar-refractivity contribution in [3.05, 3.63) is 0 Å². The highest BCUT2D eigenvalue weighted by molar-refractivity contribution is 5.72. The van der Waals surface area contributed by atoms with E-state index >= 15 is 0 Å². The second-order valence-electron chi connectivity index (χ2n) is 8.67. The second-order valence-corrected chi connectivity index (χ2v) is 8.67. The van der Waals surface area contributed by atoms with Gasteiger partial charge in [-0.25, -0.2) is 0 Å². The third-order valence-corrected chi connectivity index (χ3v) is 4.78. The summed E-state index contributed by atoms with van der Waals surface area (Å²) in [7, 11) is 0. The fraction of sp³-hybridized carbons (Fsp3) is 0.913. The van der Waals surface area contributed by atoms with Crippen molar-refractivity contribution < 1.29 is 19.1 Å². The molecule has 0 bridgehead atoms. The van der Waals surface area contributed by atoms with E-state index < -0.39 is 0 Å². The first kappa shape index (κ1) is 25.9. The Hall–Kier alpha value is -1.06. The highest BCUT2D eigenvalue weighted by Gasteiger charge is 2.15. The largest absolute Gasteiger partial charge is 0.466 e. The molecule has 0 fully saturated rings. The molecule has 0 spiro atoms. The maximum Gasteiger partial charge on any atom is 0.308 e. The SMILES string of the molecule is CC(C)CCCCCOC(=O)CCCC(C)C(=O)OCCCCCC(C)C. The predicted octanol–water partition coefficient (Wildman–Crippen LogP) is 6.31. The molecule has 0 aliphatic carbocycles. The lowest BCUT2D eigenvalue weighted by Gasteiger charge is -2.11. The number of carbonyl (C=O) groups is 2. The van der Waals surface area contributed by atoms with Crippen LogP contribution in [0.3, 0.4) is 0 Å². The number of esters is 2. The van der Waals surface area contributed by atoms with Crippen LogP contribution in [0.25, 0.3) is 0 Å². The Morgan fingerprint density at radius 1 is 0.630 bits per heavy atom. The van der Waals surface area contributed by atoms with Crippen molar-refractivity contribution in [3.8, 4) is 0 Å². The van der Waals surface area contributed by atoms with Crippen LogP contribution in [-0.2, 0) is 19.1 Å². The minimum Gasteiger partial charge on any atom is -0.466 e. The summed E-state index contributed by atoms with van der Waals surface area (Å²) >= 11 is 0. The summed E-state index contributed by atoms with van der Waals surface area (Å²) in [4.78, 5) is 23.7. The van der Waals surface area contributed by atoms with Gasteiger partial charge in [0.05, 0.1) is 19.1 Å². The van der Waals surface area contributed by atoms with Crippen LogP contribution in [0.4, 0.5) is 0 Å². The molecular weight excluding hydrogens is 340 g/mol. The molecule has 0 aromatic rings. The highest BCUT2D eigenvalue weighted by atomic mass is 16.5. The van der Waals surface area contributed by atoms with Crippen LogP contribution in [-0.4, -0.2) is 25.2 Å². The zero-order valence-corrected chi connectivity index (χ0v) is 18.6. The molecule has 0 N–H and O–H groups in total. The van der Waals surface area contributed by atoms with Gasteiger partial charge in [-0.05, 0) is 37.5 Å². The summed E-state index contributed by atoms with van der Waals surface area (Å²) < 4.78 is 10.6. The van der Waals surface area contributed by atoms with E-state index in [1.807, 2.05) is 6.92 Å². The third kappa shape index (κ3) is 18.1. The van der Waals surface area contributed by atoms with Gasteiger partial charge in [0.15, 0.2) is 0 Å². The molecule has 0 saturated heterocycles. The van der Waals surface area contributed by atoms with E-state index in [0.29, 0.717) is 32.5 Å². The molecule has 1 unspecified atom stereocenters. The summed E-state index contributed by atoms with van der Waals surface area (Å²) in [5.74, 6) is 1.04. The van der Waals surface area contributed by atoms with Crippen molar-refractivity contribution in [1.82, 2.24) is 0 Å². The van der Waals surface area contributed by atoms with Crippen molar-refractivity contribution in [2.45, 2.75) is 105 Å². The summed E-state index contributed by atoms with van der Waals surface area (Å²) in [5, 5.41) is 0. The van der Waals surface area contributed by atoms with Gasteiger partial charge in [0.2, 0.25) is 0 Å². The molecule has 0 aliphatic rings. The van der Waals surface area contributed by atoms with Crippen molar-refractivity contribution in [1.29, 1.82) is 0 Å². The van der Waals surface area contributed by atoms with Crippen molar-refractivity contribution in [2.75, 3.05) is 13.2 Å². The van der Waals surface area contributed by atoms with E-state index in [4.69, 9.17) is 9.47 Å². The molecule has 0 amide bonds. The van der Waals surface area contributed by atoms with E-state index in [1.54, 1.807) is 0 Å². The zero-order valence-electron chi connectivity index (χ0n) is 18.6. The first-order valence-electron chi connectivity index (χ1n) is 11.1. The number of hydrogen-bond acceptors (Lipinski definition) is 4. The lowest BCUT2D eigenvalue weighted by molar-refractivity contribution is -0.149. The van der Waals surface area contributed by atoms with Gasteiger partial charge in [0, 0.05) is 6.42 Å². The van der Waals surface area contributed by atoms with E-state index in [2.05, 4.69) is 27.7 Å². The maximum absolute atomic E-state index is 11.9. The number of ether oxygens (including phenoxy) is 2. The van der Waals surface area contributed by atoms with Crippen LogP contribution in [0.5, 0.6) is 0 Å². The molecule has 0 rings (SSSR count). The Labute approximate surface area is 167 Å². The van der Waals surface area contributed by atoms with E-state index in [-0.39, 0.29) is 17.9 Å². The molecule has 4 heteroatoms. The van der Waals surface area contributed by atoms with Crippen molar-refractivity contribution >= 4 is 11.9 Å². The number of hydrogen-bond donors (Lipinski definition) is 0. The van der Waals surface area contributed by atoms with E-state index in [9.17, 15) is 9.59 Å². The molecule has 0 saturated carbocycles. The molecular formula is C23H44O4. The monoisotopic (exact) mass is 384 g/mol. The van der Waals surface area contributed by atoms with Crippen LogP contribution in [0, 0.1) is 17.8 Å². The molecule has 160 valence electrons. The van der Waals surface area contributed by atoms with E-state index in [0.717, 1.165) is 37.5 Å². The topological polar surface area (TPSA) is 52.6 Å². The lowest BCUT2D eigenvalue weighted by atomic mass is 10.0. The minimum atomic E-state index is -0.149. The van der Waals surface area contributed by atoms with Crippen LogP contribution in [0.1, 0.15) is 105 Å². The quantitative estimate of drug-likeness (QED) is 0.218. The van der Waals surface area contributed by atoms with Crippen LogP contribution in [0.15, 0.2) is 0 Å². The molecule has 0 radical (unpaired) electrons. The first-order valence-corrected chi connectivity index (χ1v) is 11.1. The minimum absolute atomic E-state index is 0.141. The second kappa shape index (κ2) is 17.1. The summed E-state index contributed by atoms with van der Waals surface area (Å²) in [6.07, 6.45) is 10.7. The smallest absolute Gasteiger partial charge is 0.308 e. The summed E-state index contributed by atoms with van der Waals surface area (Å²) in [6.45, 7) is 11.8. The maximum atomic E-state index is 11.9. The Balaban J connectivity index is 3.55. The van der Waals surface area contributed by atoms with Crippen LogP contribution >= 0.6 is 0 Å². The van der Waals surface area contributed by atoms with Crippen LogP contribution < -0.4 is 0 Å². The third-order valence-electron chi connectivity index (χ3n) is 4.78. The highest BCUT2D eigenvalue weighted by Crippen LogP contribution is 2.13. The fourth-order valence-electron chi connectivity index (χ4n) is 2.91. The average molecular weight is 385 g/mol. The Morgan fingerprint density at radius 3 is 1.67 bits per heavy atom. The fourth-order valence-corrected chi connectivity index (χ4v) is 2.91. The lowest BCUT2D eigenvalue weighted by Crippen LogP contribution is -2.16. The van der Waals surface area contributed by atoms with Crippen LogP contribution in [0.2, 0.25) is 0 Å². The van der Waals surface area contributed by atoms with Gasteiger partial charge in [-0.15, -0.1) is 0 Å². The standard InChI is InChI=1S/C23H44O4/c1-19(2)13-8-6-10-17-26-22(24)16-12-15-21(5)23(25)27-18-11-7-9-14-20(3)4/h19-21H,6-18H2,1-5H3. The van der Waals surface area contributed by atoms with Gasteiger partial charge in [-0.2, -0.15) is 0 Å². The van der Waals surface area contributed by atoms with E-state index in [1.165, 1.54) is 25.7 Å². The predicted molar refractivity (Wildman–Crippen MR) is 112 cm³/mol. The molecule has 1 atom stereocenters. The molecule has 0 heterocycles. The van der Waals surface area contributed by atoms with Gasteiger partial charge in [-0.1, -0.05) is 73.1 Å². The van der Waals surface area contributed by atoms with Gasteiger partial charge in [-0.3, -0.25) is 9.59 Å². The molecule has 27 heavy (non-hydrogen) atoms. The Bertz CT molecular complexity index is 377. The van der Waals surface area contributed by atoms with Gasteiger partial charge in [0.25, 0.3) is 0 Å². The normalized spacial score (nSPS) is 12.4. The van der Waals surface area contributed by atoms with Crippen molar-refractivity contribution in [2.24, 2.45) is 17.8 Å². The Morgan fingerprint density at radius 2 is 1.15 bits per heavy atom. The van der Waals surface area contributed by atoms with Gasteiger partial charge >= 0.3 is 11.9 Å². The average Bonchev–Trinajstić information content (AvgIpc) is 2.60. The molecule has 0 aromatic carbocycles. The zero-order chi connectivity index (χ0) is 20.5. The number of rotatable bonds is 17. The van der Waals surface area contributed by atoms with Gasteiger partial charge in [0.1, 0.15) is 0 Å². The number of unbranched alkanes of at least 4 members (excludes halogenated alkanes) is 4. The molecule has 4 nitrogen and oxygen atoms in total. The molecule has 0 aromatic heterocycles. The summed E-state index contributed by atoms with van der Waals surface area (Å²) in [5.41, 5.74) is 0. The first-order chi connectivity index (χ1) is 12.8. The Kier molecular flexibility index (Phi) is 16.4. The summed E-state index contributed by atoms with van der Waals surface area (Å²) in [6, 6.07) is 0. The van der Waals surface area contributed by atoms with Gasteiger partial charge < -0.3 is 9.47 Å². The number of carbonyl (C=O) groups excluding carboxylic acids is 2. The molecule has 0 aliphatic heterocycles.